The predicted octanol–water partition coefficient (Wildman–Crippen LogP) is 2.02. The Morgan fingerprint density at radius 3 is 2.59 bits per heavy atom. The zero-order chi connectivity index (χ0) is 21.4. The van der Waals surface area contributed by atoms with E-state index in [1.165, 1.54) is 31.6 Å². The first-order valence-corrected chi connectivity index (χ1v) is 9.63. The van der Waals surface area contributed by atoms with Crippen LogP contribution >= 0.6 is 11.3 Å². The monoisotopic (exact) mass is 421 g/mol. The first-order valence-electron chi connectivity index (χ1n) is 8.75. The Hall–Kier alpha value is -3.14. The molecule has 0 atom stereocenters. The Morgan fingerprint density at radius 1 is 1.17 bits per heavy atom. The van der Waals surface area contributed by atoms with Crippen molar-refractivity contribution in [1.82, 2.24) is 10.3 Å². The smallest absolute Gasteiger partial charge is 0.311 e. The number of benzene rings is 1. The number of ether oxygens (including phenoxy) is 3. The minimum atomic E-state index is -0.407. The minimum Gasteiger partial charge on any atom is -0.493 e. The van der Waals surface area contributed by atoms with Crippen LogP contribution in [-0.2, 0) is 20.7 Å². The lowest BCUT2D eigenvalue weighted by Gasteiger charge is -2.13. The van der Waals surface area contributed by atoms with Crippen LogP contribution in [0.25, 0.3) is 0 Å². The van der Waals surface area contributed by atoms with Crippen molar-refractivity contribution in [3.63, 3.8) is 0 Å². The number of hydrogen-bond donors (Lipinski definition) is 2. The van der Waals surface area contributed by atoms with E-state index in [0.717, 1.165) is 0 Å². The molecule has 0 bridgehead atoms. The van der Waals surface area contributed by atoms with Crippen LogP contribution in [0.4, 0.5) is 5.13 Å². The van der Waals surface area contributed by atoms with Gasteiger partial charge in [0.2, 0.25) is 0 Å². The van der Waals surface area contributed by atoms with E-state index in [9.17, 15) is 14.4 Å². The summed E-state index contributed by atoms with van der Waals surface area (Å²) in [7, 11) is 2.74. The van der Waals surface area contributed by atoms with Gasteiger partial charge in [-0.1, -0.05) is 0 Å². The molecule has 2 rings (SSSR count). The number of rotatable bonds is 9. The van der Waals surface area contributed by atoms with Gasteiger partial charge >= 0.3 is 5.97 Å². The fourth-order valence-electron chi connectivity index (χ4n) is 2.27. The van der Waals surface area contributed by atoms with Gasteiger partial charge in [-0.05, 0) is 32.0 Å². The maximum absolute atomic E-state index is 12.5. The molecular formula is C19H23N3O6S. The molecule has 29 heavy (non-hydrogen) atoms. The first-order chi connectivity index (χ1) is 13.8. The summed E-state index contributed by atoms with van der Waals surface area (Å²) in [5, 5.41) is 7.42. The molecule has 0 spiro atoms. The van der Waals surface area contributed by atoms with Crippen LogP contribution in [0.5, 0.6) is 11.5 Å². The molecule has 0 aliphatic rings. The van der Waals surface area contributed by atoms with Crippen molar-refractivity contribution < 1.29 is 28.6 Å². The second-order valence-corrected chi connectivity index (χ2v) is 7.09. The number of aromatic nitrogens is 1. The second kappa shape index (κ2) is 10.4. The van der Waals surface area contributed by atoms with E-state index in [2.05, 4.69) is 20.4 Å². The minimum absolute atomic E-state index is 0.0121. The van der Waals surface area contributed by atoms with E-state index in [1.54, 1.807) is 17.5 Å². The van der Waals surface area contributed by atoms with E-state index >= 15 is 0 Å². The average molecular weight is 421 g/mol. The summed E-state index contributed by atoms with van der Waals surface area (Å²) in [5.74, 6) is -0.393. The summed E-state index contributed by atoms with van der Waals surface area (Å²) in [5.41, 5.74) is 0.837. The molecule has 1 aromatic carbocycles. The molecule has 9 nitrogen and oxygen atoms in total. The number of nitrogens with zero attached hydrogens (tertiary/aromatic N) is 1. The summed E-state index contributed by atoms with van der Waals surface area (Å²) in [6, 6.07) is 4.63. The van der Waals surface area contributed by atoms with Crippen molar-refractivity contribution >= 4 is 34.3 Å². The number of nitrogens with one attached hydrogen (secondary N) is 2. The molecule has 0 aliphatic heterocycles. The molecule has 0 radical (unpaired) electrons. The normalized spacial score (nSPS) is 10.4. The fourth-order valence-corrected chi connectivity index (χ4v) is 2.98. The van der Waals surface area contributed by atoms with Gasteiger partial charge in [-0.3, -0.25) is 19.7 Å². The molecule has 0 aliphatic carbocycles. The quantitative estimate of drug-likeness (QED) is 0.595. The van der Waals surface area contributed by atoms with Gasteiger partial charge in [0.1, 0.15) is 0 Å². The maximum Gasteiger partial charge on any atom is 0.311 e. The van der Waals surface area contributed by atoms with Gasteiger partial charge in [0.05, 0.1) is 26.3 Å². The number of carbonyl (C=O) groups is 3. The molecule has 2 aromatic rings. The molecule has 156 valence electrons. The standard InChI is InChI=1S/C19H23N3O6S/c1-11(2)20-16(23)9-28-14-6-5-12(7-15(14)26-3)18(25)22-19-21-13(10-29-19)8-17(24)27-4/h5-7,10-11H,8-9H2,1-4H3,(H,20,23)(H,21,22,25). The van der Waals surface area contributed by atoms with E-state index < -0.39 is 11.9 Å². The second-order valence-electron chi connectivity index (χ2n) is 6.23. The molecule has 1 heterocycles. The number of esters is 1. The molecule has 2 amide bonds. The Morgan fingerprint density at radius 2 is 1.93 bits per heavy atom. The van der Waals surface area contributed by atoms with Crippen LogP contribution in [0.1, 0.15) is 29.9 Å². The summed E-state index contributed by atoms with van der Waals surface area (Å²) in [4.78, 5) is 39.7. The van der Waals surface area contributed by atoms with Gasteiger partial charge in [-0.25, -0.2) is 4.98 Å². The molecule has 1 aromatic heterocycles. The number of thiazole rings is 1. The Labute approximate surface area is 172 Å². The lowest BCUT2D eigenvalue weighted by Crippen LogP contribution is -2.34. The predicted molar refractivity (Wildman–Crippen MR) is 108 cm³/mol. The number of methoxy groups -OCH3 is 2. The molecular weight excluding hydrogens is 398 g/mol. The summed E-state index contributed by atoms with van der Waals surface area (Å²) >= 11 is 1.20. The number of amides is 2. The van der Waals surface area contributed by atoms with E-state index in [0.29, 0.717) is 27.9 Å². The van der Waals surface area contributed by atoms with Crippen molar-refractivity contribution in [1.29, 1.82) is 0 Å². The van der Waals surface area contributed by atoms with Crippen LogP contribution in [-0.4, -0.2) is 49.6 Å². The van der Waals surface area contributed by atoms with Crippen LogP contribution in [0, 0.1) is 0 Å². The van der Waals surface area contributed by atoms with Crippen molar-refractivity contribution in [2.75, 3.05) is 26.1 Å². The first kappa shape index (κ1) is 22.2. The highest BCUT2D eigenvalue weighted by Crippen LogP contribution is 2.28. The maximum atomic E-state index is 12.5. The molecule has 2 N–H and O–H groups in total. The van der Waals surface area contributed by atoms with Gasteiger partial charge in [0.15, 0.2) is 23.2 Å². The molecule has 0 fully saturated rings. The third-order valence-corrected chi connectivity index (χ3v) is 4.37. The Balaban J connectivity index is 2.02. The lowest BCUT2D eigenvalue weighted by atomic mass is 10.2. The molecule has 0 saturated heterocycles. The highest BCUT2D eigenvalue weighted by molar-refractivity contribution is 7.14. The van der Waals surface area contributed by atoms with E-state index in [1.807, 2.05) is 13.8 Å². The average Bonchev–Trinajstić information content (AvgIpc) is 3.12. The van der Waals surface area contributed by atoms with Gasteiger partial charge in [-0.15, -0.1) is 11.3 Å². The third kappa shape index (κ3) is 6.75. The number of hydrogen-bond acceptors (Lipinski definition) is 8. The Bertz CT molecular complexity index is 881. The highest BCUT2D eigenvalue weighted by Gasteiger charge is 2.15. The zero-order valence-corrected chi connectivity index (χ0v) is 17.4. The summed E-state index contributed by atoms with van der Waals surface area (Å²) < 4.78 is 15.3. The molecule has 0 unspecified atom stereocenters. The van der Waals surface area contributed by atoms with Gasteiger partial charge < -0.3 is 19.5 Å². The van der Waals surface area contributed by atoms with Gasteiger partial charge in [0.25, 0.3) is 11.8 Å². The van der Waals surface area contributed by atoms with Crippen molar-refractivity contribution in [3.8, 4) is 11.5 Å². The summed E-state index contributed by atoms with van der Waals surface area (Å²) in [6.45, 7) is 3.54. The van der Waals surface area contributed by atoms with E-state index in [-0.39, 0.29) is 25.0 Å². The van der Waals surface area contributed by atoms with Crippen molar-refractivity contribution in [2.24, 2.45) is 0 Å². The fraction of sp³-hybridized carbons (Fsp3) is 0.368. The molecule has 10 heteroatoms. The van der Waals surface area contributed by atoms with Crippen LogP contribution < -0.4 is 20.1 Å². The SMILES string of the molecule is COC(=O)Cc1csc(NC(=O)c2ccc(OCC(=O)NC(C)C)c(OC)c2)n1. The third-order valence-electron chi connectivity index (χ3n) is 3.56. The van der Waals surface area contributed by atoms with Crippen molar-refractivity contribution in [3.05, 3.63) is 34.8 Å². The number of anilines is 1. The Kier molecular flexibility index (Phi) is 7.96. The van der Waals surface area contributed by atoms with E-state index in [4.69, 9.17) is 9.47 Å². The van der Waals surface area contributed by atoms with Crippen molar-refractivity contribution in [2.45, 2.75) is 26.3 Å². The number of carbonyl (C=O) groups excluding carboxylic acids is 3. The highest BCUT2D eigenvalue weighted by atomic mass is 32.1. The lowest BCUT2D eigenvalue weighted by molar-refractivity contribution is -0.139. The zero-order valence-electron chi connectivity index (χ0n) is 16.6. The molecule has 0 saturated carbocycles. The van der Waals surface area contributed by atoms with Crippen LogP contribution in [0.15, 0.2) is 23.6 Å². The summed E-state index contributed by atoms with van der Waals surface area (Å²) in [6.07, 6.45) is 0.0348. The van der Waals surface area contributed by atoms with Gasteiger partial charge in [-0.2, -0.15) is 0 Å². The van der Waals surface area contributed by atoms with Crippen LogP contribution in [0.2, 0.25) is 0 Å². The largest absolute Gasteiger partial charge is 0.493 e. The van der Waals surface area contributed by atoms with Gasteiger partial charge in [0, 0.05) is 17.0 Å². The van der Waals surface area contributed by atoms with Crippen LogP contribution in [0.3, 0.4) is 0 Å². The topological polar surface area (TPSA) is 116 Å².